The van der Waals surface area contributed by atoms with Crippen molar-refractivity contribution in [1.29, 1.82) is 0 Å². The molecule has 0 N–H and O–H groups in total. The molecule has 3 rings (SSSR count). The Morgan fingerprint density at radius 3 is 1.96 bits per heavy atom. The number of carbonyl (C=O) groups is 1. The van der Waals surface area contributed by atoms with Crippen LogP contribution in [0.1, 0.15) is 25.0 Å². The average Bonchev–Trinajstić information content (AvgIpc) is 2.74. The minimum atomic E-state index is -0.242. The maximum absolute atomic E-state index is 12.4. The second-order valence-corrected chi connectivity index (χ2v) is 7.33. The number of methoxy groups -OCH3 is 1. The van der Waals surface area contributed by atoms with Crippen LogP contribution in [-0.4, -0.2) is 48.2 Å². The van der Waals surface area contributed by atoms with Crippen molar-refractivity contribution in [2.75, 3.05) is 20.2 Å². The van der Waals surface area contributed by atoms with Gasteiger partial charge in [0.25, 0.3) is 0 Å². The molecule has 0 amide bonds. The zero-order chi connectivity index (χ0) is 19.9. The van der Waals surface area contributed by atoms with Crippen LogP contribution in [0.2, 0.25) is 0 Å². The predicted molar refractivity (Wildman–Crippen MR) is 113 cm³/mol. The molecule has 0 radical (unpaired) electrons. The summed E-state index contributed by atoms with van der Waals surface area (Å²) in [6, 6.07) is 21.0. The number of benzene rings is 2. The van der Waals surface area contributed by atoms with Crippen molar-refractivity contribution in [2.24, 2.45) is 0 Å². The largest absolute Gasteiger partial charge is 0.466 e. The number of ether oxygens (including phenoxy) is 1. The Labute approximate surface area is 168 Å². The first-order chi connectivity index (χ1) is 13.6. The van der Waals surface area contributed by atoms with Gasteiger partial charge in [-0.3, -0.25) is 4.90 Å². The summed E-state index contributed by atoms with van der Waals surface area (Å²) >= 11 is 0. The molecule has 0 aromatic heterocycles. The number of carbonyl (C=O) groups excluding carboxylic acids is 1. The number of hydrogen-bond acceptors (Lipinski definition) is 4. The van der Waals surface area contributed by atoms with Crippen LogP contribution in [0.4, 0.5) is 0 Å². The maximum atomic E-state index is 12.4. The quantitative estimate of drug-likeness (QED) is 0.685. The average molecular weight is 379 g/mol. The fourth-order valence-electron chi connectivity index (χ4n) is 3.87. The van der Waals surface area contributed by atoms with E-state index in [0.717, 1.165) is 31.5 Å². The molecule has 1 aliphatic heterocycles. The number of rotatable bonds is 7. The topological polar surface area (TPSA) is 32.8 Å². The Kier molecular flexibility index (Phi) is 6.88. The molecule has 2 aromatic carbocycles. The van der Waals surface area contributed by atoms with E-state index in [1.807, 2.05) is 18.3 Å². The molecule has 148 valence electrons. The van der Waals surface area contributed by atoms with Crippen molar-refractivity contribution < 1.29 is 9.53 Å². The minimum absolute atomic E-state index is 0.0270. The zero-order valence-electron chi connectivity index (χ0n) is 17.0. The molecule has 0 fully saturated rings. The molecular weight excluding hydrogens is 348 g/mol. The van der Waals surface area contributed by atoms with E-state index in [-0.39, 0.29) is 18.2 Å². The van der Waals surface area contributed by atoms with Gasteiger partial charge in [-0.15, -0.1) is 0 Å². The lowest BCUT2D eigenvalue weighted by atomic mass is 10.0. The van der Waals surface area contributed by atoms with E-state index in [1.165, 1.54) is 18.2 Å². The van der Waals surface area contributed by atoms with Crippen molar-refractivity contribution in [3.63, 3.8) is 0 Å². The summed E-state index contributed by atoms with van der Waals surface area (Å²) in [5.74, 6) is -0.242. The minimum Gasteiger partial charge on any atom is -0.466 e. The molecule has 1 aliphatic rings. The van der Waals surface area contributed by atoms with Gasteiger partial charge < -0.3 is 9.64 Å². The lowest BCUT2D eigenvalue weighted by Gasteiger charge is -2.45. The number of esters is 1. The van der Waals surface area contributed by atoms with Gasteiger partial charge in [-0.25, -0.2) is 4.79 Å². The highest BCUT2D eigenvalue weighted by molar-refractivity contribution is 5.89. The monoisotopic (exact) mass is 378 g/mol. The Morgan fingerprint density at radius 1 is 0.893 bits per heavy atom. The van der Waals surface area contributed by atoms with Crippen molar-refractivity contribution >= 4 is 5.97 Å². The smallest absolute Gasteiger partial charge is 0.336 e. The molecule has 0 saturated carbocycles. The van der Waals surface area contributed by atoms with E-state index in [4.69, 9.17) is 4.74 Å². The number of nitrogens with zero attached hydrogens (tertiary/aromatic N) is 2. The van der Waals surface area contributed by atoms with Crippen LogP contribution in [0, 0.1) is 0 Å². The summed E-state index contributed by atoms with van der Waals surface area (Å²) in [5, 5.41) is 0. The predicted octanol–water partition coefficient (Wildman–Crippen LogP) is 3.88. The van der Waals surface area contributed by atoms with Gasteiger partial charge in [-0.1, -0.05) is 60.7 Å². The van der Waals surface area contributed by atoms with Crippen LogP contribution >= 0.6 is 0 Å². The van der Waals surface area contributed by atoms with Crippen molar-refractivity contribution in [3.05, 3.63) is 83.6 Å². The van der Waals surface area contributed by atoms with Gasteiger partial charge in [0.15, 0.2) is 0 Å². The highest BCUT2D eigenvalue weighted by Crippen LogP contribution is 2.25. The molecule has 0 unspecified atom stereocenters. The Bertz CT molecular complexity index is 789. The van der Waals surface area contributed by atoms with Crippen molar-refractivity contribution in [2.45, 2.75) is 38.9 Å². The molecule has 0 saturated heterocycles. The third-order valence-electron chi connectivity index (χ3n) is 5.64. The fraction of sp³-hybridized carbons (Fsp3) is 0.375. The second-order valence-electron chi connectivity index (χ2n) is 7.33. The van der Waals surface area contributed by atoms with E-state index in [1.54, 1.807) is 0 Å². The highest BCUT2D eigenvalue weighted by atomic mass is 16.5. The van der Waals surface area contributed by atoms with Crippen molar-refractivity contribution in [3.8, 4) is 0 Å². The third kappa shape index (κ3) is 4.82. The molecule has 1 heterocycles. The van der Waals surface area contributed by atoms with E-state index in [9.17, 15) is 4.79 Å². The van der Waals surface area contributed by atoms with Gasteiger partial charge in [-0.2, -0.15) is 0 Å². The van der Waals surface area contributed by atoms with E-state index in [0.29, 0.717) is 0 Å². The SMILES string of the molecule is COC(=O)C1=CN(CCc2ccccc2)[C@@H](C)N(CCc2ccccc2)[C@H]1C. The van der Waals surface area contributed by atoms with Gasteiger partial charge in [0.05, 0.1) is 18.8 Å². The summed E-state index contributed by atoms with van der Waals surface area (Å²) in [4.78, 5) is 17.0. The van der Waals surface area contributed by atoms with Crippen LogP contribution in [0.15, 0.2) is 72.4 Å². The summed E-state index contributed by atoms with van der Waals surface area (Å²) in [6.45, 7) is 6.07. The molecule has 0 aliphatic carbocycles. The molecule has 2 atom stereocenters. The normalized spacial score (nSPS) is 20.0. The summed E-state index contributed by atoms with van der Waals surface area (Å²) in [6.07, 6.45) is 4.12. The van der Waals surface area contributed by atoms with E-state index >= 15 is 0 Å². The fourth-order valence-corrected chi connectivity index (χ4v) is 3.87. The van der Waals surface area contributed by atoms with Crippen LogP contribution in [-0.2, 0) is 22.4 Å². The highest BCUT2D eigenvalue weighted by Gasteiger charge is 2.34. The lowest BCUT2D eigenvalue weighted by Crippen LogP contribution is -2.54. The van der Waals surface area contributed by atoms with Crippen LogP contribution in [0.25, 0.3) is 0 Å². The van der Waals surface area contributed by atoms with Crippen LogP contribution in [0.5, 0.6) is 0 Å². The van der Waals surface area contributed by atoms with Gasteiger partial charge in [0.1, 0.15) is 0 Å². The molecule has 4 heteroatoms. The Morgan fingerprint density at radius 2 is 1.43 bits per heavy atom. The molecular formula is C24H30N2O2. The van der Waals surface area contributed by atoms with Crippen LogP contribution in [0.3, 0.4) is 0 Å². The molecule has 0 bridgehead atoms. The molecule has 28 heavy (non-hydrogen) atoms. The molecule has 0 spiro atoms. The second kappa shape index (κ2) is 9.56. The van der Waals surface area contributed by atoms with Gasteiger partial charge in [-0.05, 0) is 37.8 Å². The first-order valence-electron chi connectivity index (χ1n) is 9.99. The van der Waals surface area contributed by atoms with Gasteiger partial charge in [0.2, 0.25) is 0 Å². The summed E-state index contributed by atoms with van der Waals surface area (Å²) < 4.78 is 5.06. The first kappa shape index (κ1) is 20.2. The van der Waals surface area contributed by atoms with Gasteiger partial charge >= 0.3 is 5.97 Å². The Balaban J connectivity index is 1.75. The standard InChI is InChI=1S/C24H30N2O2/c1-19-23(24(27)28-3)18-25(16-14-21-10-6-4-7-11-21)20(2)26(19)17-15-22-12-8-5-9-13-22/h4-13,18-20H,14-17H2,1-3H3/t19-,20+/m0/s1. The number of hydrogen-bond donors (Lipinski definition) is 0. The Hall–Kier alpha value is -2.59. The first-order valence-corrected chi connectivity index (χ1v) is 9.99. The summed E-state index contributed by atoms with van der Waals surface area (Å²) in [5.41, 5.74) is 3.34. The van der Waals surface area contributed by atoms with Crippen LogP contribution < -0.4 is 0 Å². The maximum Gasteiger partial charge on any atom is 0.336 e. The molecule has 4 nitrogen and oxygen atoms in total. The third-order valence-corrected chi connectivity index (χ3v) is 5.64. The van der Waals surface area contributed by atoms with E-state index in [2.05, 4.69) is 72.2 Å². The van der Waals surface area contributed by atoms with Gasteiger partial charge in [0, 0.05) is 25.3 Å². The van der Waals surface area contributed by atoms with Crippen molar-refractivity contribution in [1.82, 2.24) is 9.80 Å². The summed E-state index contributed by atoms with van der Waals surface area (Å²) in [7, 11) is 1.45. The molecule has 2 aromatic rings. The van der Waals surface area contributed by atoms with E-state index < -0.39 is 0 Å². The zero-order valence-corrected chi connectivity index (χ0v) is 17.0. The lowest BCUT2D eigenvalue weighted by molar-refractivity contribution is -0.137.